The maximum Gasteiger partial charge on any atom is 0.328 e. The minimum atomic E-state index is -4.23. The van der Waals surface area contributed by atoms with Crippen molar-refractivity contribution in [1.29, 1.82) is 0 Å². The molecule has 0 saturated carbocycles. The summed E-state index contributed by atoms with van der Waals surface area (Å²) in [6.45, 7) is 3.73. The van der Waals surface area contributed by atoms with E-state index in [4.69, 9.17) is 4.74 Å². The lowest BCUT2D eigenvalue weighted by atomic mass is 9.80. The van der Waals surface area contributed by atoms with Crippen LogP contribution in [0.25, 0.3) is 0 Å². The Labute approximate surface area is 245 Å². The molecule has 4 rings (SSSR count). The van der Waals surface area contributed by atoms with Gasteiger partial charge in [0.2, 0.25) is 10.0 Å². The molecule has 0 unspecified atom stereocenters. The number of esters is 1. The van der Waals surface area contributed by atoms with Crippen molar-refractivity contribution < 1.29 is 22.9 Å². The number of hydrogen-bond acceptors (Lipinski definition) is 7. The van der Waals surface area contributed by atoms with E-state index < -0.39 is 32.5 Å². The van der Waals surface area contributed by atoms with Crippen molar-refractivity contribution >= 4 is 21.7 Å². The number of nitrogens with one attached hydrogen (secondary N) is 2. The highest BCUT2D eigenvalue weighted by molar-refractivity contribution is 7.89. The number of benzene rings is 4. The molecule has 4 aromatic rings. The molecule has 0 aliphatic carbocycles. The van der Waals surface area contributed by atoms with Crippen molar-refractivity contribution in [3.8, 4) is 0 Å². The van der Waals surface area contributed by atoms with Crippen molar-refractivity contribution in [2.75, 3.05) is 6.61 Å². The molecule has 2 atom stereocenters. The summed E-state index contributed by atoms with van der Waals surface area (Å²) in [7, 11) is -4.23. The Kier molecular flexibility index (Phi) is 9.84. The van der Waals surface area contributed by atoms with Crippen LogP contribution in [0.2, 0.25) is 0 Å². The average Bonchev–Trinajstić information content (AvgIpc) is 2.99. The summed E-state index contributed by atoms with van der Waals surface area (Å²) >= 11 is 0. The first-order valence-corrected chi connectivity index (χ1v) is 15.0. The van der Waals surface area contributed by atoms with E-state index >= 15 is 0 Å². The number of sulfonamides is 1. The number of nitrogens with zero attached hydrogens (tertiary/aromatic N) is 1. The monoisotopic (exact) mass is 587 g/mol. The van der Waals surface area contributed by atoms with Gasteiger partial charge in [-0.1, -0.05) is 90.5 Å². The van der Waals surface area contributed by atoms with Crippen molar-refractivity contribution in [2.24, 2.45) is 0 Å². The summed E-state index contributed by atoms with van der Waals surface area (Å²) in [5.41, 5.74) is 0.713. The molecular formula is C32H33N3O6S. The maximum atomic E-state index is 14.1. The van der Waals surface area contributed by atoms with E-state index in [0.717, 1.165) is 16.7 Å². The zero-order valence-corrected chi connectivity index (χ0v) is 24.2. The second-order valence-electron chi connectivity index (χ2n) is 9.91. The van der Waals surface area contributed by atoms with Gasteiger partial charge < -0.3 is 4.74 Å². The van der Waals surface area contributed by atoms with Gasteiger partial charge in [0.15, 0.2) is 0 Å². The van der Waals surface area contributed by atoms with Crippen molar-refractivity contribution in [3.63, 3.8) is 0 Å². The number of nitro groups is 1. The molecule has 0 aliphatic rings. The zero-order valence-electron chi connectivity index (χ0n) is 23.4. The minimum Gasteiger partial charge on any atom is -0.465 e. The molecule has 4 aromatic carbocycles. The maximum absolute atomic E-state index is 14.1. The summed E-state index contributed by atoms with van der Waals surface area (Å²) < 4.78 is 36.1. The molecule has 10 heteroatoms. The summed E-state index contributed by atoms with van der Waals surface area (Å²) in [5, 5.41) is 15.1. The van der Waals surface area contributed by atoms with Crippen LogP contribution in [0.4, 0.5) is 5.69 Å². The predicted octanol–water partition coefficient (Wildman–Crippen LogP) is 5.26. The molecule has 0 heterocycles. The molecule has 0 bridgehead atoms. The third-order valence-electron chi connectivity index (χ3n) is 6.93. The van der Waals surface area contributed by atoms with Crippen molar-refractivity contribution in [2.45, 2.75) is 43.3 Å². The number of ether oxygens (including phenoxy) is 1. The summed E-state index contributed by atoms with van der Waals surface area (Å²) in [6, 6.07) is 29.1. The van der Waals surface area contributed by atoms with Gasteiger partial charge >= 0.3 is 5.97 Å². The smallest absolute Gasteiger partial charge is 0.328 e. The van der Waals surface area contributed by atoms with Crippen molar-refractivity contribution in [1.82, 2.24) is 10.0 Å². The molecule has 0 spiro atoms. The van der Waals surface area contributed by atoms with Gasteiger partial charge in [-0.25, -0.2) is 17.9 Å². The predicted molar refractivity (Wildman–Crippen MR) is 160 cm³/mol. The summed E-state index contributed by atoms with van der Waals surface area (Å²) in [4.78, 5) is 25.3. The molecule has 2 N–H and O–H groups in total. The number of non-ortho nitro benzene ring substituents is 1. The zero-order chi connectivity index (χ0) is 30.2. The number of rotatable bonds is 13. The number of carbonyl (C=O) groups is 1. The molecule has 0 aromatic heterocycles. The van der Waals surface area contributed by atoms with Crippen LogP contribution in [0.1, 0.15) is 35.2 Å². The number of carbonyl (C=O) groups excluding carboxylic acids is 1. The first-order chi connectivity index (χ1) is 20.1. The number of nitro benzene ring substituents is 1. The van der Waals surface area contributed by atoms with E-state index in [9.17, 15) is 23.3 Å². The summed E-state index contributed by atoms with van der Waals surface area (Å²) in [5.74, 6) is -0.701. The highest BCUT2D eigenvalue weighted by Crippen LogP contribution is 2.35. The molecule has 9 nitrogen and oxygen atoms in total. The number of aryl methyl sites for hydroxylation is 1. The van der Waals surface area contributed by atoms with Gasteiger partial charge in [-0.3, -0.25) is 15.4 Å². The average molecular weight is 588 g/mol. The van der Waals surface area contributed by atoms with Crippen LogP contribution in [-0.2, 0) is 32.5 Å². The van der Waals surface area contributed by atoms with E-state index in [-0.39, 0.29) is 35.7 Å². The largest absolute Gasteiger partial charge is 0.465 e. The van der Waals surface area contributed by atoms with E-state index in [2.05, 4.69) is 10.0 Å². The molecule has 0 radical (unpaired) electrons. The van der Waals surface area contributed by atoms with Crippen LogP contribution in [0.3, 0.4) is 0 Å². The topological polar surface area (TPSA) is 128 Å². The Balaban J connectivity index is 1.95. The Morgan fingerprint density at radius 1 is 0.905 bits per heavy atom. The van der Waals surface area contributed by atoms with Gasteiger partial charge in [0.1, 0.15) is 5.54 Å². The Hall–Kier alpha value is -4.38. The van der Waals surface area contributed by atoms with Crippen LogP contribution < -0.4 is 10.0 Å². The standard InChI is InChI=1S/C32H33N3O6S/c1-3-41-31(36)32(22-25-11-6-4-7-12-25,33-23-26-13-8-5-9-14-26)30(27-15-10-16-28(21-27)35(37)38)34-42(39,40)29-19-17-24(2)18-20-29/h4-21,30,33-34H,3,22-23H2,1-2H3/t30-,32-/m1/s1. The van der Waals surface area contributed by atoms with Crippen LogP contribution in [-0.4, -0.2) is 31.5 Å². The molecule has 42 heavy (non-hydrogen) atoms. The van der Waals surface area contributed by atoms with E-state index in [0.29, 0.717) is 0 Å². The van der Waals surface area contributed by atoms with Gasteiger partial charge in [0.25, 0.3) is 5.69 Å². The van der Waals surface area contributed by atoms with Crippen LogP contribution in [0.15, 0.2) is 114 Å². The van der Waals surface area contributed by atoms with Gasteiger partial charge in [0, 0.05) is 25.1 Å². The van der Waals surface area contributed by atoms with E-state index in [1.807, 2.05) is 67.6 Å². The highest BCUT2D eigenvalue weighted by atomic mass is 32.2. The second-order valence-corrected chi connectivity index (χ2v) is 11.6. The van der Waals surface area contributed by atoms with Gasteiger partial charge in [0.05, 0.1) is 22.5 Å². The van der Waals surface area contributed by atoms with Gasteiger partial charge in [-0.15, -0.1) is 0 Å². The highest BCUT2D eigenvalue weighted by Gasteiger charge is 2.49. The lowest BCUT2D eigenvalue weighted by Crippen LogP contribution is -2.62. The van der Waals surface area contributed by atoms with E-state index in [1.165, 1.54) is 30.3 Å². The third-order valence-corrected chi connectivity index (χ3v) is 8.37. The Morgan fingerprint density at radius 3 is 2.12 bits per heavy atom. The molecule has 0 saturated heterocycles. The van der Waals surface area contributed by atoms with Crippen LogP contribution >= 0.6 is 0 Å². The first kappa shape index (κ1) is 30.6. The fourth-order valence-electron chi connectivity index (χ4n) is 4.77. The minimum absolute atomic E-state index is 0.0101. The van der Waals surface area contributed by atoms with Crippen LogP contribution in [0.5, 0.6) is 0 Å². The summed E-state index contributed by atoms with van der Waals surface area (Å²) in [6.07, 6.45) is 0.0171. The molecule has 0 amide bonds. The Morgan fingerprint density at radius 2 is 1.52 bits per heavy atom. The SMILES string of the molecule is CCOC(=O)[C@](Cc1ccccc1)(NCc1ccccc1)[C@H](NS(=O)(=O)c1ccc(C)cc1)c1cccc([N+](=O)[O-])c1. The molecular weight excluding hydrogens is 554 g/mol. The molecule has 218 valence electrons. The molecule has 0 aliphatic heterocycles. The lowest BCUT2D eigenvalue weighted by Gasteiger charge is -2.40. The van der Waals surface area contributed by atoms with E-state index in [1.54, 1.807) is 25.1 Å². The Bertz CT molecular complexity index is 1610. The van der Waals surface area contributed by atoms with Crippen molar-refractivity contribution in [3.05, 3.63) is 142 Å². The molecule has 0 fully saturated rings. The number of hydrogen-bond donors (Lipinski definition) is 2. The lowest BCUT2D eigenvalue weighted by molar-refractivity contribution is -0.384. The second kappa shape index (κ2) is 13.5. The fourth-order valence-corrected chi connectivity index (χ4v) is 6.05. The first-order valence-electron chi connectivity index (χ1n) is 13.5. The third kappa shape index (κ3) is 7.27. The van der Waals surface area contributed by atoms with Gasteiger partial charge in [-0.05, 0) is 42.7 Å². The normalized spacial score (nSPS) is 13.6. The quantitative estimate of drug-likeness (QED) is 0.124. The fraction of sp³-hybridized carbons (Fsp3) is 0.219. The van der Waals surface area contributed by atoms with Crippen LogP contribution in [0, 0.1) is 17.0 Å². The van der Waals surface area contributed by atoms with Gasteiger partial charge in [-0.2, -0.15) is 0 Å².